The van der Waals surface area contributed by atoms with Crippen LogP contribution in [0.4, 0.5) is 44.3 Å². The third-order valence-corrected chi connectivity index (χ3v) is 9.28. The molecule has 0 unspecified atom stereocenters. The Labute approximate surface area is 285 Å². The van der Waals surface area contributed by atoms with Gasteiger partial charge in [0.1, 0.15) is 11.4 Å². The molecule has 6 nitrogen and oxygen atoms in total. The molecule has 268 valence electrons. The van der Waals surface area contributed by atoms with E-state index in [0.29, 0.717) is 34.5 Å². The summed E-state index contributed by atoms with van der Waals surface area (Å²) in [5.41, 5.74) is -1.94. The van der Waals surface area contributed by atoms with Crippen molar-refractivity contribution in [2.24, 2.45) is 0 Å². The highest BCUT2D eigenvalue weighted by atomic mass is 19.4. The Morgan fingerprint density at radius 2 is 1.41 bits per heavy atom. The number of hydrogen-bond acceptors (Lipinski definition) is 4. The molecule has 15 heteroatoms. The van der Waals surface area contributed by atoms with Crippen molar-refractivity contribution in [3.8, 4) is 28.0 Å². The van der Waals surface area contributed by atoms with E-state index in [4.69, 9.17) is 4.74 Å². The molecule has 3 heterocycles. The molecule has 2 aliphatic rings. The summed E-state index contributed by atoms with van der Waals surface area (Å²) >= 11 is 0. The minimum Gasteiger partial charge on any atom is -0.496 e. The van der Waals surface area contributed by atoms with Crippen molar-refractivity contribution in [3.63, 3.8) is 0 Å². The van der Waals surface area contributed by atoms with Crippen molar-refractivity contribution in [1.82, 2.24) is 15.2 Å². The van der Waals surface area contributed by atoms with E-state index < -0.39 is 64.9 Å². The number of halogens is 9. The molecule has 2 saturated heterocycles. The molecule has 1 aromatic heterocycles. The number of rotatable bonds is 6. The SMILES string of the molecule is COc1ccc(-c2ccc(C(C)=O)nc2C)cc1-c1ccc(C(F)(F)F)cc1[C@@H]1CC[C@H]2[C@@H](c3cc(C(F)(F)F)cc(C(F)(F)F)c3)NC(=O)N12. The molecule has 4 aromatic rings. The molecule has 2 amide bonds. The molecule has 2 aliphatic heterocycles. The fourth-order valence-corrected chi connectivity index (χ4v) is 6.94. The zero-order valence-electron chi connectivity index (χ0n) is 27.0. The number of alkyl halides is 9. The van der Waals surface area contributed by atoms with Gasteiger partial charge in [0.25, 0.3) is 0 Å². The Balaban J connectivity index is 1.46. The maximum absolute atomic E-state index is 14.1. The summed E-state index contributed by atoms with van der Waals surface area (Å²) in [7, 11) is 1.37. The van der Waals surface area contributed by atoms with E-state index >= 15 is 0 Å². The number of hydrogen-bond donors (Lipinski definition) is 1. The molecule has 0 saturated carbocycles. The second kappa shape index (κ2) is 12.6. The molecule has 6 rings (SSSR count). The number of carbonyl (C=O) groups is 2. The van der Waals surface area contributed by atoms with E-state index in [0.717, 1.165) is 12.1 Å². The van der Waals surface area contributed by atoms with E-state index in [2.05, 4.69) is 10.3 Å². The van der Waals surface area contributed by atoms with Crippen LogP contribution >= 0.6 is 0 Å². The van der Waals surface area contributed by atoms with E-state index in [1.807, 2.05) is 0 Å². The van der Waals surface area contributed by atoms with Gasteiger partial charge in [-0.15, -0.1) is 0 Å². The number of amides is 2. The summed E-state index contributed by atoms with van der Waals surface area (Å²) in [6.07, 6.45) is -14.9. The van der Waals surface area contributed by atoms with Gasteiger partial charge < -0.3 is 15.0 Å². The van der Waals surface area contributed by atoms with Crippen LogP contribution in [0.15, 0.2) is 66.7 Å². The maximum Gasteiger partial charge on any atom is 0.416 e. The van der Waals surface area contributed by atoms with Gasteiger partial charge in [0.2, 0.25) is 0 Å². The molecule has 1 N–H and O–H groups in total. The summed E-state index contributed by atoms with van der Waals surface area (Å²) in [5.74, 6) is 0.0269. The zero-order valence-corrected chi connectivity index (χ0v) is 27.0. The van der Waals surface area contributed by atoms with Crippen molar-refractivity contribution in [2.75, 3.05) is 7.11 Å². The first-order valence-electron chi connectivity index (χ1n) is 15.5. The summed E-state index contributed by atoms with van der Waals surface area (Å²) in [4.78, 5) is 30.9. The first-order valence-corrected chi connectivity index (χ1v) is 15.5. The summed E-state index contributed by atoms with van der Waals surface area (Å²) in [6, 6.07) is 8.11. The number of ketones is 1. The Morgan fingerprint density at radius 1 is 0.784 bits per heavy atom. The summed E-state index contributed by atoms with van der Waals surface area (Å²) in [6.45, 7) is 3.06. The van der Waals surface area contributed by atoms with Crippen LogP contribution in [-0.2, 0) is 18.5 Å². The highest BCUT2D eigenvalue weighted by molar-refractivity contribution is 5.92. The largest absolute Gasteiger partial charge is 0.496 e. The lowest BCUT2D eigenvalue weighted by molar-refractivity contribution is -0.143. The molecule has 0 aliphatic carbocycles. The van der Waals surface area contributed by atoms with Crippen LogP contribution in [0.1, 0.15) is 75.8 Å². The van der Waals surface area contributed by atoms with Gasteiger partial charge in [0.05, 0.1) is 41.9 Å². The fourth-order valence-electron chi connectivity index (χ4n) is 6.94. The van der Waals surface area contributed by atoms with Gasteiger partial charge in [-0.25, -0.2) is 9.78 Å². The number of nitrogens with one attached hydrogen (secondary N) is 1. The quantitative estimate of drug-likeness (QED) is 0.159. The average Bonchev–Trinajstić information content (AvgIpc) is 3.63. The number of benzene rings is 3. The third-order valence-electron chi connectivity index (χ3n) is 9.28. The van der Waals surface area contributed by atoms with Crippen molar-refractivity contribution in [2.45, 2.75) is 63.3 Å². The summed E-state index contributed by atoms with van der Waals surface area (Å²) in [5, 5.41) is 2.48. The Kier molecular flexibility index (Phi) is 8.83. The zero-order chi connectivity index (χ0) is 37.2. The lowest BCUT2D eigenvalue weighted by Gasteiger charge is -2.27. The van der Waals surface area contributed by atoms with Crippen LogP contribution in [0, 0.1) is 6.92 Å². The Morgan fingerprint density at radius 3 is 1.98 bits per heavy atom. The second-order valence-corrected chi connectivity index (χ2v) is 12.4. The standard InChI is InChI=1S/C36H28F9N3O3/c1-17-24(7-8-28(46-17)18(2)49)19-4-11-31(51-3)27(14-19)25-6-5-21(34(37,38)39)16-26(25)29-9-10-30-32(47-33(50)48(29)30)20-12-22(35(40,41)42)15-23(13-20)36(43,44)45/h4-8,11-16,29-30,32H,9-10H2,1-3H3,(H,47,50)/t29-,30-,32+/m0/s1. The van der Waals surface area contributed by atoms with Gasteiger partial charge in [0.15, 0.2) is 5.78 Å². The highest BCUT2D eigenvalue weighted by Crippen LogP contribution is 2.50. The number of ether oxygens (including phenoxy) is 1. The molecule has 0 spiro atoms. The predicted molar refractivity (Wildman–Crippen MR) is 167 cm³/mol. The minimum absolute atomic E-state index is 0.0127. The number of methoxy groups -OCH3 is 1. The molecule has 3 atom stereocenters. The molecule has 51 heavy (non-hydrogen) atoms. The lowest BCUT2D eigenvalue weighted by Crippen LogP contribution is -2.32. The Hall–Kier alpha value is -5.08. The van der Waals surface area contributed by atoms with Crippen molar-refractivity contribution >= 4 is 11.8 Å². The number of fused-ring (bicyclic) bond motifs is 1. The molecular weight excluding hydrogens is 693 g/mol. The highest BCUT2D eigenvalue weighted by Gasteiger charge is 2.50. The van der Waals surface area contributed by atoms with E-state index in [1.165, 1.54) is 25.0 Å². The van der Waals surface area contributed by atoms with Crippen LogP contribution < -0.4 is 10.1 Å². The van der Waals surface area contributed by atoms with E-state index in [-0.39, 0.29) is 47.3 Å². The number of urea groups is 1. The van der Waals surface area contributed by atoms with Gasteiger partial charge in [-0.05, 0) is 90.6 Å². The minimum atomic E-state index is -5.12. The molecule has 0 bridgehead atoms. The molecule has 3 aromatic carbocycles. The predicted octanol–water partition coefficient (Wildman–Crippen LogP) is 9.96. The average molecular weight is 722 g/mol. The van der Waals surface area contributed by atoms with Crippen LogP contribution in [0.25, 0.3) is 22.3 Å². The molecular formula is C36H28F9N3O3. The van der Waals surface area contributed by atoms with Gasteiger partial charge >= 0.3 is 24.6 Å². The Bertz CT molecular complexity index is 2010. The third kappa shape index (κ3) is 6.73. The monoisotopic (exact) mass is 721 g/mol. The van der Waals surface area contributed by atoms with E-state index in [1.54, 1.807) is 37.3 Å². The lowest BCUT2D eigenvalue weighted by atomic mass is 9.89. The molecule has 0 radical (unpaired) electrons. The van der Waals surface area contributed by atoms with Crippen LogP contribution in [0.2, 0.25) is 0 Å². The summed E-state index contributed by atoms with van der Waals surface area (Å²) < 4.78 is 130. The van der Waals surface area contributed by atoms with E-state index in [9.17, 15) is 49.1 Å². The van der Waals surface area contributed by atoms with Gasteiger partial charge in [-0.1, -0.05) is 18.2 Å². The number of Topliss-reactive ketones (excluding diaryl/α,β-unsaturated/α-hetero) is 1. The molecule has 2 fully saturated rings. The first-order chi connectivity index (χ1) is 23.8. The topological polar surface area (TPSA) is 71.5 Å². The maximum atomic E-state index is 14.1. The van der Waals surface area contributed by atoms with Crippen LogP contribution in [0.5, 0.6) is 5.75 Å². The number of nitrogens with zero attached hydrogens (tertiary/aromatic N) is 2. The number of aryl methyl sites for hydroxylation is 1. The smallest absolute Gasteiger partial charge is 0.416 e. The first kappa shape index (κ1) is 35.7. The fraction of sp³-hybridized carbons (Fsp3) is 0.306. The normalized spacial score (nSPS) is 19.3. The second-order valence-electron chi connectivity index (χ2n) is 12.4. The van der Waals surface area contributed by atoms with Crippen LogP contribution in [-0.4, -0.2) is 34.8 Å². The van der Waals surface area contributed by atoms with Crippen LogP contribution in [0.3, 0.4) is 0 Å². The number of carbonyl (C=O) groups excluding carboxylic acids is 2. The van der Waals surface area contributed by atoms with Gasteiger partial charge in [-0.2, -0.15) is 39.5 Å². The van der Waals surface area contributed by atoms with Crippen molar-refractivity contribution < 1.29 is 53.8 Å². The number of pyridine rings is 1. The number of aromatic nitrogens is 1. The van der Waals surface area contributed by atoms with Gasteiger partial charge in [0, 0.05) is 23.7 Å². The van der Waals surface area contributed by atoms with Crippen molar-refractivity contribution in [1.29, 1.82) is 0 Å². The van der Waals surface area contributed by atoms with Gasteiger partial charge in [-0.3, -0.25) is 4.79 Å². The van der Waals surface area contributed by atoms with Crippen molar-refractivity contribution in [3.05, 3.63) is 106 Å².